The third-order valence-corrected chi connectivity index (χ3v) is 5.95. The summed E-state index contributed by atoms with van der Waals surface area (Å²) < 4.78 is 21.8. The van der Waals surface area contributed by atoms with E-state index in [1.165, 1.54) is 12.7 Å². The Morgan fingerprint density at radius 1 is 0.941 bits per heavy atom. The van der Waals surface area contributed by atoms with Crippen molar-refractivity contribution in [2.24, 2.45) is 0 Å². The zero-order valence-corrected chi connectivity index (χ0v) is 18.9. The molecule has 0 bridgehead atoms. The Morgan fingerprint density at radius 2 is 1.79 bits per heavy atom. The van der Waals surface area contributed by atoms with Crippen LogP contribution >= 0.6 is 0 Å². The van der Waals surface area contributed by atoms with Crippen LogP contribution in [0.1, 0.15) is 40.1 Å². The Bertz CT molecular complexity index is 1300. The molecule has 1 saturated carbocycles. The molecular formula is C27H24N2O5. The molecule has 7 nitrogen and oxygen atoms in total. The average Bonchev–Trinajstić information content (AvgIpc) is 3.55. The molecule has 1 aliphatic rings. The van der Waals surface area contributed by atoms with Crippen LogP contribution in [0.5, 0.6) is 17.2 Å². The van der Waals surface area contributed by atoms with Crippen molar-refractivity contribution in [3.05, 3.63) is 89.8 Å². The Hall–Kier alpha value is -4.13. The molecule has 1 fully saturated rings. The lowest BCUT2D eigenvalue weighted by atomic mass is 10.1. The molecular weight excluding hydrogens is 432 g/mol. The second-order valence-corrected chi connectivity index (χ2v) is 8.12. The zero-order chi connectivity index (χ0) is 23.5. The number of carbonyl (C=O) groups excluding carboxylic acids is 1. The van der Waals surface area contributed by atoms with E-state index in [4.69, 9.17) is 18.7 Å². The van der Waals surface area contributed by atoms with Crippen LogP contribution in [0.25, 0.3) is 11.4 Å². The molecule has 0 aliphatic heterocycles. The summed E-state index contributed by atoms with van der Waals surface area (Å²) in [7, 11) is 3.07. The van der Waals surface area contributed by atoms with Crippen LogP contribution in [0.15, 0.2) is 77.3 Å². The predicted molar refractivity (Wildman–Crippen MR) is 126 cm³/mol. The second kappa shape index (κ2) is 9.39. The van der Waals surface area contributed by atoms with Gasteiger partial charge < -0.3 is 18.7 Å². The van der Waals surface area contributed by atoms with Crippen molar-refractivity contribution in [2.75, 3.05) is 20.8 Å². The maximum atomic E-state index is 12.8. The molecule has 0 spiro atoms. The predicted octanol–water partition coefficient (Wildman–Crippen LogP) is 5.29. The van der Waals surface area contributed by atoms with Gasteiger partial charge in [-0.2, -0.15) is 4.98 Å². The highest BCUT2D eigenvalue weighted by molar-refractivity contribution is 6.00. The quantitative estimate of drug-likeness (QED) is 0.317. The van der Waals surface area contributed by atoms with E-state index in [2.05, 4.69) is 22.3 Å². The number of hydrogen-bond acceptors (Lipinski definition) is 7. The number of aromatic nitrogens is 2. The lowest BCUT2D eigenvalue weighted by molar-refractivity contribution is 0.0918. The van der Waals surface area contributed by atoms with Gasteiger partial charge in [-0.15, -0.1) is 0 Å². The summed E-state index contributed by atoms with van der Waals surface area (Å²) >= 11 is 0. The highest BCUT2D eigenvalue weighted by Crippen LogP contribution is 2.54. The van der Waals surface area contributed by atoms with Gasteiger partial charge >= 0.3 is 0 Å². The fourth-order valence-corrected chi connectivity index (χ4v) is 4.02. The van der Waals surface area contributed by atoms with E-state index in [1.54, 1.807) is 37.4 Å². The van der Waals surface area contributed by atoms with Crippen molar-refractivity contribution >= 4 is 5.78 Å². The summed E-state index contributed by atoms with van der Waals surface area (Å²) in [6.07, 6.45) is 1.00. The Morgan fingerprint density at radius 3 is 2.59 bits per heavy atom. The molecule has 7 heteroatoms. The van der Waals surface area contributed by atoms with Gasteiger partial charge in [-0.1, -0.05) is 47.6 Å². The number of methoxy groups -OCH3 is 2. The fraction of sp³-hybridized carbons (Fsp3) is 0.222. The van der Waals surface area contributed by atoms with Crippen molar-refractivity contribution in [2.45, 2.75) is 18.3 Å². The third kappa shape index (κ3) is 4.50. The molecule has 4 aromatic rings. The number of rotatable bonds is 9. The van der Waals surface area contributed by atoms with E-state index in [1.807, 2.05) is 30.3 Å². The van der Waals surface area contributed by atoms with E-state index in [0.717, 1.165) is 12.0 Å². The van der Waals surface area contributed by atoms with Gasteiger partial charge in [0.1, 0.15) is 17.2 Å². The minimum absolute atomic E-state index is 0.148. The molecule has 1 heterocycles. The number of Topliss-reactive ketones (excluding diaryl/α,β-unsaturated/α-hetero) is 1. The Balaban J connectivity index is 1.26. The average molecular weight is 456 g/mol. The van der Waals surface area contributed by atoms with Crippen molar-refractivity contribution < 1.29 is 23.5 Å². The molecule has 3 aromatic carbocycles. The number of nitrogens with zero attached hydrogens (tertiary/aromatic N) is 2. The first-order valence-electron chi connectivity index (χ1n) is 11.0. The van der Waals surface area contributed by atoms with Gasteiger partial charge in [-0.3, -0.25) is 4.79 Å². The largest absolute Gasteiger partial charge is 0.497 e. The smallest absolute Gasteiger partial charge is 0.230 e. The minimum Gasteiger partial charge on any atom is -0.497 e. The molecule has 1 aromatic heterocycles. The van der Waals surface area contributed by atoms with Crippen LogP contribution in [0.2, 0.25) is 0 Å². The standard InChI is InChI=1S/C27H24N2O5/c1-31-19-11-12-25(32-2)23(14-19)24(30)16-33-20-10-6-9-18(13-20)26-28-27(34-29-26)22-15-21(22)17-7-4-3-5-8-17/h3-14,21-22H,15-16H2,1-2H3/t21-,22-/m0/s1. The number of hydrogen-bond donors (Lipinski definition) is 0. The molecule has 2 atom stereocenters. The van der Waals surface area contributed by atoms with Gasteiger partial charge in [0.2, 0.25) is 17.5 Å². The number of ether oxygens (including phenoxy) is 3. The topological polar surface area (TPSA) is 83.7 Å². The first-order valence-corrected chi connectivity index (χ1v) is 11.0. The number of benzene rings is 3. The van der Waals surface area contributed by atoms with Crippen molar-refractivity contribution in [3.8, 4) is 28.6 Å². The maximum Gasteiger partial charge on any atom is 0.230 e. The van der Waals surface area contributed by atoms with Crippen molar-refractivity contribution in [1.82, 2.24) is 10.1 Å². The Kier molecular flexibility index (Phi) is 5.99. The first-order chi connectivity index (χ1) is 16.7. The van der Waals surface area contributed by atoms with Gasteiger partial charge in [0, 0.05) is 11.5 Å². The highest BCUT2D eigenvalue weighted by atomic mass is 16.5. The summed E-state index contributed by atoms with van der Waals surface area (Å²) in [6.45, 7) is -0.148. The fourth-order valence-electron chi connectivity index (χ4n) is 4.02. The second-order valence-electron chi connectivity index (χ2n) is 8.12. The van der Waals surface area contributed by atoms with Gasteiger partial charge in [0.15, 0.2) is 6.61 Å². The van der Waals surface area contributed by atoms with Gasteiger partial charge in [0.05, 0.1) is 19.8 Å². The van der Waals surface area contributed by atoms with E-state index in [9.17, 15) is 4.79 Å². The number of ketones is 1. The molecule has 5 rings (SSSR count). The molecule has 0 radical (unpaired) electrons. The summed E-state index contributed by atoms with van der Waals surface area (Å²) in [4.78, 5) is 17.4. The van der Waals surface area contributed by atoms with E-state index < -0.39 is 0 Å². The van der Waals surface area contributed by atoms with E-state index in [0.29, 0.717) is 40.4 Å². The van der Waals surface area contributed by atoms with E-state index >= 15 is 0 Å². The normalized spacial score (nSPS) is 16.6. The van der Waals surface area contributed by atoms with Crippen LogP contribution in [-0.4, -0.2) is 36.8 Å². The Labute approximate surface area is 197 Å². The maximum absolute atomic E-state index is 12.8. The number of carbonyl (C=O) groups is 1. The van der Waals surface area contributed by atoms with Gasteiger partial charge in [-0.05, 0) is 48.2 Å². The minimum atomic E-state index is -0.219. The third-order valence-electron chi connectivity index (χ3n) is 5.95. The molecule has 172 valence electrons. The molecule has 0 saturated heterocycles. The van der Waals surface area contributed by atoms with Crippen molar-refractivity contribution in [1.29, 1.82) is 0 Å². The zero-order valence-electron chi connectivity index (χ0n) is 18.9. The molecule has 0 unspecified atom stereocenters. The summed E-state index contributed by atoms with van der Waals surface area (Å²) in [5.41, 5.74) is 2.45. The SMILES string of the molecule is COc1ccc(OC)c(C(=O)COc2cccc(-c3noc([C@H]4C[C@H]4c4ccccc4)n3)c2)c1. The van der Waals surface area contributed by atoms with E-state index in [-0.39, 0.29) is 18.3 Å². The molecule has 0 amide bonds. The van der Waals surface area contributed by atoms with Gasteiger partial charge in [-0.25, -0.2) is 0 Å². The summed E-state index contributed by atoms with van der Waals surface area (Å²) in [5.74, 6) is 3.18. The van der Waals surface area contributed by atoms with Crippen LogP contribution in [0.3, 0.4) is 0 Å². The monoisotopic (exact) mass is 456 g/mol. The molecule has 1 aliphatic carbocycles. The lowest BCUT2D eigenvalue weighted by Gasteiger charge is -2.11. The lowest BCUT2D eigenvalue weighted by Crippen LogP contribution is -2.13. The molecule has 34 heavy (non-hydrogen) atoms. The molecule has 0 N–H and O–H groups in total. The van der Waals surface area contributed by atoms with Crippen LogP contribution < -0.4 is 14.2 Å². The van der Waals surface area contributed by atoms with Crippen LogP contribution in [0.4, 0.5) is 0 Å². The van der Waals surface area contributed by atoms with Crippen LogP contribution in [-0.2, 0) is 0 Å². The summed E-state index contributed by atoms with van der Waals surface area (Å²) in [6, 6.07) is 22.7. The van der Waals surface area contributed by atoms with Gasteiger partial charge in [0.25, 0.3) is 0 Å². The summed E-state index contributed by atoms with van der Waals surface area (Å²) in [5, 5.41) is 4.16. The first kappa shape index (κ1) is 21.7. The van der Waals surface area contributed by atoms with Crippen molar-refractivity contribution in [3.63, 3.8) is 0 Å². The van der Waals surface area contributed by atoms with Crippen LogP contribution in [0, 0.1) is 0 Å². The highest BCUT2D eigenvalue weighted by Gasteiger charge is 2.43.